The fraction of sp³-hybridized carbons (Fsp3) is 0.571. The molecule has 2 atom stereocenters. The molecule has 0 aromatic heterocycles. The molecule has 5 nitrogen and oxygen atoms in total. The van der Waals surface area contributed by atoms with Crippen molar-refractivity contribution in [3.63, 3.8) is 0 Å². The van der Waals surface area contributed by atoms with E-state index in [9.17, 15) is 15.2 Å². The average molecular weight is 264 g/mol. The van der Waals surface area contributed by atoms with Gasteiger partial charge in [0.05, 0.1) is 17.1 Å². The fourth-order valence-corrected chi connectivity index (χ4v) is 2.58. The third kappa shape index (κ3) is 3.44. The molecule has 2 N–H and O–H groups in total. The molecule has 2 unspecified atom stereocenters. The second-order valence-corrected chi connectivity index (χ2v) is 5.21. The molecular formula is C14H20N2O3. The van der Waals surface area contributed by atoms with Gasteiger partial charge in [0, 0.05) is 17.8 Å². The molecule has 0 bridgehead atoms. The number of nitrogens with one attached hydrogen (secondary N) is 1. The normalized spacial score (nSPS) is 23.7. The molecule has 0 heterocycles. The topological polar surface area (TPSA) is 75.4 Å². The number of nitro benzene ring substituents is 1. The van der Waals surface area contributed by atoms with E-state index in [2.05, 4.69) is 5.32 Å². The van der Waals surface area contributed by atoms with Gasteiger partial charge in [0.15, 0.2) is 0 Å². The summed E-state index contributed by atoms with van der Waals surface area (Å²) in [5.41, 5.74) is 1.81. The van der Waals surface area contributed by atoms with Crippen LogP contribution in [0.1, 0.15) is 37.7 Å². The number of benzene rings is 1. The average Bonchev–Trinajstić information content (AvgIpc) is 2.57. The summed E-state index contributed by atoms with van der Waals surface area (Å²) in [6.45, 7) is 1.85. The van der Waals surface area contributed by atoms with Gasteiger partial charge >= 0.3 is 0 Å². The molecule has 19 heavy (non-hydrogen) atoms. The van der Waals surface area contributed by atoms with Gasteiger partial charge in [-0.05, 0) is 31.4 Å². The molecule has 0 radical (unpaired) electrons. The largest absolute Gasteiger partial charge is 0.391 e. The Morgan fingerprint density at radius 2 is 2.05 bits per heavy atom. The number of rotatable bonds is 3. The Bertz CT molecular complexity index is 462. The third-order valence-electron chi connectivity index (χ3n) is 3.74. The molecule has 0 saturated heterocycles. The van der Waals surface area contributed by atoms with Crippen LogP contribution in [0.15, 0.2) is 18.2 Å². The van der Waals surface area contributed by atoms with Gasteiger partial charge in [-0.1, -0.05) is 19.3 Å². The van der Waals surface area contributed by atoms with Gasteiger partial charge in [0.25, 0.3) is 5.69 Å². The predicted octanol–water partition coefficient (Wildman–Crippen LogP) is 3.01. The zero-order valence-electron chi connectivity index (χ0n) is 11.1. The van der Waals surface area contributed by atoms with Crippen LogP contribution < -0.4 is 5.32 Å². The van der Waals surface area contributed by atoms with Crippen LogP contribution in [0, 0.1) is 17.0 Å². The van der Waals surface area contributed by atoms with E-state index in [-0.39, 0.29) is 17.8 Å². The standard InChI is InChI=1S/C14H20N2O3/c1-10-9-11(16(18)19)7-8-12(10)15-13-5-3-2-4-6-14(13)17/h7-9,13-15,17H,2-6H2,1H3. The van der Waals surface area contributed by atoms with Gasteiger partial charge in [-0.15, -0.1) is 0 Å². The Balaban J connectivity index is 2.11. The predicted molar refractivity (Wildman–Crippen MR) is 74.3 cm³/mol. The molecule has 0 amide bonds. The third-order valence-corrected chi connectivity index (χ3v) is 3.74. The highest BCUT2D eigenvalue weighted by Gasteiger charge is 2.22. The fourth-order valence-electron chi connectivity index (χ4n) is 2.58. The van der Waals surface area contributed by atoms with E-state index in [1.54, 1.807) is 12.1 Å². The van der Waals surface area contributed by atoms with Crippen LogP contribution in [-0.2, 0) is 0 Å². The zero-order valence-corrected chi connectivity index (χ0v) is 11.1. The van der Waals surface area contributed by atoms with E-state index in [4.69, 9.17) is 0 Å². The maximum atomic E-state index is 10.7. The Morgan fingerprint density at radius 1 is 1.32 bits per heavy atom. The van der Waals surface area contributed by atoms with Gasteiger partial charge in [0.2, 0.25) is 0 Å². The van der Waals surface area contributed by atoms with Crippen molar-refractivity contribution in [2.24, 2.45) is 0 Å². The van der Waals surface area contributed by atoms with E-state index in [1.165, 1.54) is 6.07 Å². The Morgan fingerprint density at radius 3 is 2.74 bits per heavy atom. The monoisotopic (exact) mass is 264 g/mol. The highest BCUT2D eigenvalue weighted by atomic mass is 16.6. The van der Waals surface area contributed by atoms with Crippen LogP contribution in [0.25, 0.3) is 0 Å². The van der Waals surface area contributed by atoms with Crippen molar-refractivity contribution in [1.82, 2.24) is 0 Å². The summed E-state index contributed by atoms with van der Waals surface area (Å²) >= 11 is 0. The van der Waals surface area contributed by atoms with Crippen LogP contribution in [0.4, 0.5) is 11.4 Å². The first-order valence-corrected chi connectivity index (χ1v) is 6.77. The summed E-state index contributed by atoms with van der Waals surface area (Å²) in [4.78, 5) is 10.3. The summed E-state index contributed by atoms with van der Waals surface area (Å²) in [6.07, 6.45) is 4.77. The minimum atomic E-state index is -0.392. The summed E-state index contributed by atoms with van der Waals surface area (Å²) in [5, 5.41) is 24.1. The number of aliphatic hydroxyl groups is 1. The highest BCUT2D eigenvalue weighted by molar-refractivity contribution is 5.56. The van der Waals surface area contributed by atoms with Crippen LogP contribution in [0.3, 0.4) is 0 Å². The molecule has 1 aliphatic rings. The molecule has 0 spiro atoms. The van der Waals surface area contributed by atoms with E-state index in [0.717, 1.165) is 43.4 Å². The van der Waals surface area contributed by atoms with Crippen molar-refractivity contribution in [3.8, 4) is 0 Å². The SMILES string of the molecule is Cc1cc([N+](=O)[O-])ccc1NC1CCCCCC1O. The molecule has 1 aromatic carbocycles. The van der Waals surface area contributed by atoms with E-state index in [1.807, 2.05) is 6.92 Å². The Labute approximate surface area is 112 Å². The van der Waals surface area contributed by atoms with Gasteiger partial charge in [-0.2, -0.15) is 0 Å². The summed E-state index contributed by atoms with van der Waals surface area (Å²) < 4.78 is 0. The molecular weight excluding hydrogens is 244 g/mol. The van der Waals surface area contributed by atoms with Crippen LogP contribution >= 0.6 is 0 Å². The van der Waals surface area contributed by atoms with Crippen molar-refractivity contribution in [2.45, 2.75) is 51.2 Å². The molecule has 104 valence electrons. The van der Waals surface area contributed by atoms with Crippen molar-refractivity contribution in [2.75, 3.05) is 5.32 Å². The molecule has 2 rings (SSSR count). The van der Waals surface area contributed by atoms with E-state index >= 15 is 0 Å². The van der Waals surface area contributed by atoms with Gasteiger partial charge in [-0.25, -0.2) is 0 Å². The lowest BCUT2D eigenvalue weighted by Crippen LogP contribution is -2.32. The number of aryl methyl sites for hydroxylation is 1. The number of hydrogen-bond donors (Lipinski definition) is 2. The number of nitro groups is 1. The lowest BCUT2D eigenvalue weighted by Gasteiger charge is -2.23. The number of anilines is 1. The Kier molecular flexibility index (Phi) is 4.37. The maximum absolute atomic E-state index is 10.7. The van der Waals surface area contributed by atoms with Gasteiger partial charge in [-0.3, -0.25) is 10.1 Å². The van der Waals surface area contributed by atoms with Crippen molar-refractivity contribution in [1.29, 1.82) is 0 Å². The first kappa shape index (κ1) is 13.8. The zero-order chi connectivity index (χ0) is 13.8. The number of non-ortho nitro benzene ring substituents is 1. The van der Waals surface area contributed by atoms with E-state index < -0.39 is 4.92 Å². The van der Waals surface area contributed by atoms with Gasteiger partial charge < -0.3 is 10.4 Å². The van der Waals surface area contributed by atoms with E-state index in [0.29, 0.717) is 0 Å². The van der Waals surface area contributed by atoms with Crippen molar-refractivity contribution in [3.05, 3.63) is 33.9 Å². The van der Waals surface area contributed by atoms with Crippen LogP contribution in [-0.4, -0.2) is 22.2 Å². The first-order chi connectivity index (χ1) is 9.08. The number of hydrogen-bond acceptors (Lipinski definition) is 4. The number of aliphatic hydroxyl groups excluding tert-OH is 1. The van der Waals surface area contributed by atoms with Crippen molar-refractivity contribution < 1.29 is 10.0 Å². The second-order valence-electron chi connectivity index (χ2n) is 5.21. The molecule has 1 aromatic rings. The lowest BCUT2D eigenvalue weighted by molar-refractivity contribution is -0.384. The molecule has 1 aliphatic carbocycles. The van der Waals surface area contributed by atoms with Crippen LogP contribution in [0.2, 0.25) is 0 Å². The molecule has 0 aliphatic heterocycles. The van der Waals surface area contributed by atoms with Crippen molar-refractivity contribution >= 4 is 11.4 Å². The second kappa shape index (κ2) is 6.02. The maximum Gasteiger partial charge on any atom is 0.269 e. The summed E-state index contributed by atoms with van der Waals surface area (Å²) in [7, 11) is 0. The molecule has 5 heteroatoms. The first-order valence-electron chi connectivity index (χ1n) is 6.77. The molecule has 1 fully saturated rings. The van der Waals surface area contributed by atoms with Crippen LogP contribution in [0.5, 0.6) is 0 Å². The summed E-state index contributed by atoms with van der Waals surface area (Å²) in [5.74, 6) is 0. The number of nitrogens with zero attached hydrogens (tertiary/aromatic N) is 1. The smallest absolute Gasteiger partial charge is 0.269 e. The van der Waals surface area contributed by atoms with Gasteiger partial charge in [0.1, 0.15) is 0 Å². The molecule has 1 saturated carbocycles. The quantitative estimate of drug-likeness (QED) is 0.500. The summed E-state index contributed by atoms with van der Waals surface area (Å²) in [6, 6.07) is 4.83. The Hall–Kier alpha value is -1.62. The minimum absolute atomic E-state index is 0.0441. The lowest BCUT2D eigenvalue weighted by atomic mass is 10.0. The highest BCUT2D eigenvalue weighted by Crippen LogP contribution is 2.25. The minimum Gasteiger partial charge on any atom is -0.391 e.